The second-order valence-electron chi connectivity index (χ2n) is 5.58. The van der Waals surface area contributed by atoms with Crippen LogP contribution in [0, 0.1) is 13.8 Å². The van der Waals surface area contributed by atoms with E-state index in [0.29, 0.717) is 11.1 Å². The van der Waals surface area contributed by atoms with Crippen LogP contribution in [0.3, 0.4) is 0 Å². The van der Waals surface area contributed by atoms with Gasteiger partial charge in [0.25, 0.3) is 5.95 Å². The summed E-state index contributed by atoms with van der Waals surface area (Å²) >= 11 is 2.85. The van der Waals surface area contributed by atoms with Gasteiger partial charge in [-0.2, -0.15) is 5.10 Å². The predicted molar refractivity (Wildman–Crippen MR) is 98.4 cm³/mol. The van der Waals surface area contributed by atoms with Crippen molar-refractivity contribution in [3.63, 3.8) is 0 Å². The van der Waals surface area contributed by atoms with E-state index in [2.05, 4.69) is 20.6 Å². The minimum Gasteiger partial charge on any atom is -0.348 e. The lowest BCUT2D eigenvalue weighted by molar-refractivity contribution is -0.119. The Bertz CT molecular complexity index is 869. The molecule has 0 aliphatic rings. The van der Waals surface area contributed by atoms with Crippen molar-refractivity contribution in [2.45, 2.75) is 32.0 Å². The van der Waals surface area contributed by atoms with Gasteiger partial charge in [-0.3, -0.25) is 4.79 Å². The van der Waals surface area contributed by atoms with Crippen LogP contribution in [-0.2, 0) is 4.79 Å². The number of carbonyl (C=O) groups excluding carboxylic acids is 1. The van der Waals surface area contributed by atoms with E-state index >= 15 is 0 Å². The van der Waals surface area contributed by atoms with Crippen LogP contribution in [-0.4, -0.2) is 36.3 Å². The van der Waals surface area contributed by atoms with Gasteiger partial charge >= 0.3 is 0 Å². The van der Waals surface area contributed by atoms with Crippen LogP contribution in [0.5, 0.6) is 0 Å². The summed E-state index contributed by atoms with van der Waals surface area (Å²) in [6.07, 6.45) is 0. The molecule has 0 spiro atoms. The Morgan fingerprint density at radius 3 is 2.88 bits per heavy atom. The molecule has 0 saturated carbocycles. The van der Waals surface area contributed by atoms with E-state index < -0.39 is 0 Å². The minimum absolute atomic E-state index is 0.0193. The van der Waals surface area contributed by atoms with Gasteiger partial charge in [0, 0.05) is 10.6 Å². The third kappa shape index (κ3) is 3.85. The predicted octanol–water partition coefficient (Wildman–Crippen LogP) is 1.83. The normalized spacial score (nSPS) is 12.3. The fraction of sp³-hybridized carbons (Fsp3) is 0.333. The van der Waals surface area contributed by atoms with Crippen molar-refractivity contribution < 1.29 is 4.79 Å². The molecule has 25 heavy (non-hydrogen) atoms. The summed E-state index contributed by atoms with van der Waals surface area (Å²) in [5.74, 6) is 6.60. The minimum atomic E-state index is -0.0819. The fourth-order valence-corrected chi connectivity index (χ4v) is 3.76. The Kier molecular flexibility index (Phi) is 5.09. The van der Waals surface area contributed by atoms with E-state index in [1.54, 1.807) is 16.0 Å². The summed E-state index contributed by atoms with van der Waals surface area (Å²) in [6.45, 7) is 5.77. The summed E-state index contributed by atoms with van der Waals surface area (Å²) < 4.78 is 2.98. The summed E-state index contributed by atoms with van der Waals surface area (Å²) in [5.41, 5.74) is 1.78. The number of nitrogens with one attached hydrogen (secondary N) is 1. The first-order valence-corrected chi connectivity index (χ1v) is 9.52. The first-order chi connectivity index (χ1) is 12.0. The quantitative estimate of drug-likeness (QED) is 0.502. The topological polar surface area (TPSA) is 104 Å². The van der Waals surface area contributed by atoms with Crippen molar-refractivity contribution in [2.24, 2.45) is 0 Å². The van der Waals surface area contributed by atoms with Crippen molar-refractivity contribution in [1.82, 2.24) is 30.0 Å². The van der Waals surface area contributed by atoms with E-state index in [9.17, 15) is 4.79 Å². The van der Waals surface area contributed by atoms with Crippen LogP contribution < -0.4 is 11.2 Å². The highest BCUT2D eigenvalue weighted by atomic mass is 32.2. The molecular weight excluding hydrogens is 358 g/mol. The van der Waals surface area contributed by atoms with E-state index in [1.807, 2.05) is 44.4 Å². The number of carbonyl (C=O) groups is 1. The van der Waals surface area contributed by atoms with E-state index in [-0.39, 0.29) is 17.7 Å². The molecule has 0 bridgehead atoms. The molecular formula is C15H19N7OS2. The maximum atomic E-state index is 12.1. The lowest BCUT2D eigenvalue weighted by Gasteiger charge is -2.11. The smallest absolute Gasteiger partial charge is 0.271 e. The first kappa shape index (κ1) is 17.5. The number of nitrogens with two attached hydrogens (primary N) is 1. The Balaban J connectivity index is 1.62. The number of rotatable bonds is 6. The lowest BCUT2D eigenvalue weighted by atomic mass is 10.3. The van der Waals surface area contributed by atoms with Crippen LogP contribution in [0.4, 0.5) is 0 Å². The maximum Gasteiger partial charge on any atom is 0.271 e. The number of nitrogen functional groups attached to an aromatic ring is 1. The van der Waals surface area contributed by atoms with Gasteiger partial charge in [-0.15, -0.1) is 21.5 Å². The molecule has 0 saturated heterocycles. The van der Waals surface area contributed by atoms with Gasteiger partial charge in [-0.1, -0.05) is 17.8 Å². The Morgan fingerprint density at radius 1 is 1.44 bits per heavy atom. The highest BCUT2D eigenvalue weighted by Gasteiger charge is 2.17. The summed E-state index contributed by atoms with van der Waals surface area (Å²) in [5, 5.41) is 17.9. The number of hydrogen-bond acceptors (Lipinski definition) is 7. The van der Waals surface area contributed by atoms with Gasteiger partial charge in [0.15, 0.2) is 0 Å². The molecule has 1 amide bonds. The molecule has 0 radical (unpaired) electrons. The van der Waals surface area contributed by atoms with Crippen LogP contribution >= 0.6 is 23.1 Å². The Morgan fingerprint density at radius 2 is 2.24 bits per heavy atom. The van der Waals surface area contributed by atoms with Crippen molar-refractivity contribution >= 4 is 29.0 Å². The number of thioether (sulfide) groups is 1. The molecule has 3 heterocycles. The molecule has 0 fully saturated rings. The highest BCUT2D eigenvalue weighted by Crippen LogP contribution is 2.20. The molecule has 3 aromatic rings. The molecule has 8 nitrogen and oxygen atoms in total. The average molecular weight is 377 g/mol. The molecule has 3 aromatic heterocycles. The Hall–Kier alpha value is -2.33. The van der Waals surface area contributed by atoms with Crippen molar-refractivity contribution in [3.05, 3.63) is 39.8 Å². The largest absolute Gasteiger partial charge is 0.348 e. The van der Waals surface area contributed by atoms with Gasteiger partial charge in [-0.05, 0) is 38.3 Å². The van der Waals surface area contributed by atoms with Crippen LogP contribution in [0.15, 0.2) is 28.7 Å². The number of thiophene rings is 1. The number of aryl methyl sites for hydroxylation is 2. The molecule has 10 heteroatoms. The molecule has 0 aliphatic heterocycles. The van der Waals surface area contributed by atoms with Gasteiger partial charge in [0.1, 0.15) is 0 Å². The van der Waals surface area contributed by atoms with Crippen LogP contribution in [0.25, 0.3) is 5.95 Å². The van der Waals surface area contributed by atoms with Gasteiger partial charge in [0.05, 0.1) is 17.5 Å². The van der Waals surface area contributed by atoms with Crippen LogP contribution in [0.2, 0.25) is 0 Å². The summed E-state index contributed by atoms with van der Waals surface area (Å²) in [4.78, 5) is 13.2. The summed E-state index contributed by atoms with van der Waals surface area (Å²) in [7, 11) is 0. The zero-order chi connectivity index (χ0) is 18.0. The number of aromatic nitrogens is 5. The zero-order valence-corrected chi connectivity index (χ0v) is 15.8. The van der Waals surface area contributed by atoms with Crippen molar-refractivity contribution in [2.75, 3.05) is 11.6 Å². The number of amides is 1. The second kappa shape index (κ2) is 7.28. The van der Waals surface area contributed by atoms with E-state index in [0.717, 1.165) is 16.3 Å². The molecule has 1 unspecified atom stereocenters. The molecule has 3 N–H and O–H groups in total. The van der Waals surface area contributed by atoms with Gasteiger partial charge in [-0.25, -0.2) is 9.36 Å². The fourth-order valence-electron chi connectivity index (χ4n) is 2.37. The summed E-state index contributed by atoms with van der Waals surface area (Å²) in [6, 6.07) is 5.88. The van der Waals surface area contributed by atoms with Crippen molar-refractivity contribution in [1.29, 1.82) is 0 Å². The standard InChI is InChI=1S/C15H19N7OS2/c1-9-7-10(2)22(20-9)14-18-19-15(21(14)16)25-8-13(23)17-11(3)12-5-4-6-24-12/h4-7,11H,8,16H2,1-3H3,(H,17,23). The molecule has 0 aromatic carbocycles. The highest BCUT2D eigenvalue weighted by molar-refractivity contribution is 7.99. The third-order valence-electron chi connectivity index (χ3n) is 3.53. The van der Waals surface area contributed by atoms with Gasteiger partial charge < -0.3 is 11.2 Å². The maximum absolute atomic E-state index is 12.1. The Labute approximate surface area is 153 Å². The van der Waals surface area contributed by atoms with E-state index in [1.165, 1.54) is 16.4 Å². The number of hydrogen-bond donors (Lipinski definition) is 2. The lowest BCUT2D eigenvalue weighted by Crippen LogP contribution is -2.28. The first-order valence-electron chi connectivity index (χ1n) is 7.65. The van der Waals surface area contributed by atoms with Gasteiger partial charge in [0.2, 0.25) is 11.1 Å². The third-order valence-corrected chi connectivity index (χ3v) is 5.52. The molecule has 1 atom stereocenters. The zero-order valence-electron chi connectivity index (χ0n) is 14.1. The second-order valence-corrected chi connectivity index (χ2v) is 7.51. The SMILES string of the molecule is Cc1cc(C)n(-c2nnc(SCC(=O)NC(C)c3cccs3)n2N)n1. The molecule has 0 aliphatic carbocycles. The molecule has 3 rings (SSSR count). The monoisotopic (exact) mass is 377 g/mol. The average Bonchev–Trinajstić information content (AvgIpc) is 3.27. The molecule has 132 valence electrons. The van der Waals surface area contributed by atoms with Crippen LogP contribution in [0.1, 0.15) is 29.2 Å². The van der Waals surface area contributed by atoms with Crippen molar-refractivity contribution in [3.8, 4) is 5.95 Å². The van der Waals surface area contributed by atoms with E-state index in [4.69, 9.17) is 5.84 Å². The number of nitrogens with zero attached hydrogens (tertiary/aromatic N) is 5.